The summed E-state index contributed by atoms with van der Waals surface area (Å²) in [5.41, 5.74) is 12.6. The minimum absolute atomic E-state index is 0.121. The number of anilines is 1. The van der Waals surface area contributed by atoms with E-state index in [1.54, 1.807) is 0 Å². The number of carbonyl (C=O) groups excluding carboxylic acids is 1. The van der Waals surface area contributed by atoms with Crippen LogP contribution >= 0.6 is 0 Å². The number of nitrogens with two attached hydrogens (primary N) is 2. The molecule has 32 heavy (non-hydrogen) atoms. The summed E-state index contributed by atoms with van der Waals surface area (Å²) < 4.78 is 0. The molecule has 6 N–H and O–H groups in total. The number of nitrogens with one attached hydrogen (secondary N) is 1. The van der Waals surface area contributed by atoms with Gasteiger partial charge in [0.2, 0.25) is 5.91 Å². The molecule has 1 fully saturated rings. The van der Waals surface area contributed by atoms with Crippen LogP contribution in [0.5, 0.6) is 0 Å². The number of carboxylic acid groups (broad SMARTS) is 1. The molecule has 0 spiro atoms. The highest BCUT2D eigenvalue weighted by Crippen LogP contribution is 2.26. The van der Waals surface area contributed by atoms with Crippen molar-refractivity contribution in [2.24, 2.45) is 17.4 Å². The molecule has 0 aromatic heterocycles. The fraction of sp³-hybridized carbons (Fsp3) is 0.520. The second-order valence-corrected chi connectivity index (χ2v) is 8.83. The first-order valence-electron chi connectivity index (χ1n) is 11.7. The summed E-state index contributed by atoms with van der Waals surface area (Å²) in [5.74, 6) is -0.998. The Labute approximate surface area is 190 Å². The van der Waals surface area contributed by atoms with Crippen molar-refractivity contribution >= 4 is 28.3 Å². The number of carbonyl (C=O) groups is 2. The number of nitrogens with zero attached hydrogens (tertiary/aromatic N) is 1. The Kier molecular flexibility index (Phi) is 8.88. The lowest BCUT2D eigenvalue weighted by Crippen LogP contribution is -2.55. The van der Waals surface area contributed by atoms with E-state index in [1.807, 2.05) is 42.5 Å². The van der Waals surface area contributed by atoms with Crippen LogP contribution in [0.4, 0.5) is 5.69 Å². The molecule has 0 unspecified atom stereocenters. The van der Waals surface area contributed by atoms with E-state index in [4.69, 9.17) is 11.5 Å². The minimum Gasteiger partial charge on any atom is -0.480 e. The van der Waals surface area contributed by atoms with Gasteiger partial charge in [0.05, 0.1) is 6.04 Å². The van der Waals surface area contributed by atoms with Gasteiger partial charge >= 0.3 is 5.97 Å². The zero-order valence-electron chi connectivity index (χ0n) is 18.7. The van der Waals surface area contributed by atoms with Gasteiger partial charge in [0.15, 0.2) is 0 Å². The Balaban J connectivity index is 1.76. The molecule has 3 rings (SSSR count). The highest BCUT2D eigenvalue weighted by molar-refractivity contribution is 5.88. The average Bonchev–Trinajstić information content (AvgIpc) is 2.81. The van der Waals surface area contributed by atoms with Gasteiger partial charge in [0.25, 0.3) is 0 Å². The molecule has 0 radical (unpaired) electrons. The Hall–Kier alpha value is -2.64. The van der Waals surface area contributed by atoms with Crippen LogP contribution in [0.1, 0.15) is 44.9 Å². The standard InChI is InChI=1S/C25H36N4O3/c26-14-6-11-22(27)24(30)29(17-18-7-2-1-3-8-18)23(25(31)32)16-28-21-13-12-19-9-4-5-10-20(19)15-21/h4-5,9-10,12-13,15,18,22-23,28H,1-3,6-8,11,14,16-17,26-27H2,(H,31,32)/t22-,23+/m1/s1. The van der Waals surface area contributed by atoms with E-state index in [0.29, 0.717) is 31.8 Å². The Morgan fingerprint density at radius 3 is 2.50 bits per heavy atom. The fourth-order valence-electron chi connectivity index (χ4n) is 4.54. The molecule has 174 valence electrons. The van der Waals surface area contributed by atoms with E-state index in [1.165, 1.54) is 11.3 Å². The van der Waals surface area contributed by atoms with Crippen LogP contribution in [0.2, 0.25) is 0 Å². The van der Waals surface area contributed by atoms with Gasteiger partial charge in [-0.3, -0.25) is 4.79 Å². The quantitative estimate of drug-likeness (QED) is 0.426. The van der Waals surface area contributed by atoms with Crippen molar-refractivity contribution in [2.75, 3.05) is 25.0 Å². The molecule has 7 heteroatoms. The third-order valence-electron chi connectivity index (χ3n) is 6.41. The predicted octanol–water partition coefficient (Wildman–Crippen LogP) is 3.18. The molecule has 2 aromatic carbocycles. The van der Waals surface area contributed by atoms with Crippen molar-refractivity contribution in [3.05, 3.63) is 42.5 Å². The zero-order chi connectivity index (χ0) is 22.9. The molecule has 1 aliphatic carbocycles. The molecule has 1 aliphatic rings. The van der Waals surface area contributed by atoms with Gasteiger partial charge in [-0.05, 0) is 61.1 Å². The first kappa shape index (κ1) is 24.0. The zero-order valence-corrected chi connectivity index (χ0v) is 18.7. The summed E-state index contributed by atoms with van der Waals surface area (Å²) in [5, 5.41) is 15.5. The Bertz CT molecular complexity index is 898. The topological polar surface area (TPSA) is 122 Å². The molecule has 7 nitrogen and oxygen atoms in total. The number of carboxylic acids is 1. The predicted molar refractivity (Wildman–Crippen MR) is 128 cm³/mol. The van der Waals surface area contributed by atoms with E-state index < -0.39 is 18.1 Å². The van der Waals surface area contributed by atoms with Crippen molar-refractivity contribution in [1.29, 1.82) is 0 Å². The smallest absolute Gasteiger partial charge is 0.328 e. The first-order valence-corrected chi connectivity index (χ1v) is 11.7. The molecule has 2 atom stereocenters. The normalized spacial score (nSPS) is 16.4. The van der Waals surface area contributed by atoms with E-state index in [-0.39, 0.29) is 12.5 Å². The number of hydrogen-bond acceptors (Lipinski definition) is 5. The van der Waals surface area contributed by atoms with E-state index in [0.717, 1.165) is 42.1 Å². The van der Waals surface area contributed by atoms with Crippen molar-refractivity contribution < 1.29 is 14.7 Å². The number of benzene rings is 2. The average molecular weight is 441 g/mol. The van der Waals surface area contributed by atoms with Crippen molar-refractivity contribution in [3.63, 3.8) is 0 Å². The van der Waals surface area contributed by atoms with Crippen molar-refractivity contribution in [1.82, 2.24) is 4.90 Å². The monoisotopic (exact) mass is 440 g/mol. The molecule has 0 saturated heterocycles. The molecular weight excluding hydrogens is 404 g/mol. The van der Waals surface area contributed by atoms with Gasteiger partial charge in [-0.2, -0.15) is 0 Å². The maximum atomic E-state index is 13.2. The summed E-state index contributed by atoms with van der Waals surface area (Å²) in [7, 11) is 0. The lowest BCUT2D eigenvalue weighted by Gasteiger charge is -2.35. The van der Waals surface area contributed by atoms with E-state index >= 15 is 0 Å². The lowest BCUT2D eigenvalue weighted by molar-refractivity contribution is -0.151. The summed E-state index contributed by atoms with van der Waals surface area (Å²) in [6.07, 6.45) is 6.58. The molecule has 0 heterocycles. The summed E-state index contributed by atoms with van der Waals surface area (Å²) in [4.78, 5) is 27.0. The van der Waals surface area contributed by atoms with Crippen LogP contribution in [0, 0.1) is 5.92 Å². The number of hydrogen-bond donors (Lipinski definition) is 4. The molecule has 0 bridgehead atoms. The minimum atomic E-state index is -1.02. The molecule has 1 saturated carbocycles. The second-order valence-electron chi connectivity index (χ2n) is 8.83. The van der Waals surface area contributed by atoms with E-state index in [2.05, 4.69) is 5.32 Å². The van der Waals surface area contributed by atoms with Crippen LogP contribution in [0.3, 0.4) is 0 Å². The summed E-state index contributed by atoms with van der Waals surface area (Å²) >= 11 is 0. The summed E-state index contributed by atoms with van der Waals surface area (Å²) in [6.45, 7) is 1.01. The first-order chi connectivity index (χ1) is 15.5. The van der Waals surface area contributed by atoms with Gasteiger partial charge in [-0.1, -0.05) is 49.6 Å². The molecule has 0 aliphatic heterocycles. The van der Waals surface area contributed by atoms with Crippen LogP contribution in [-0.4, -0.2) is 53.6 Å². The number of aliphatic carboxylic acids is 1. The van der Waals surface area contributed by atoms with Crippen LogP contribution in [0.15, 0.2) is 42.5 Å². The van der Waals surface area contributed by atoms with E-state index in [9.17, 15) is 14.7 Å². The third kappa shape index (κ3) is 6.43. The maximum absolute atomic E-state index is 13.2. The van der Waals surface area contributed by atoms with Gasteiger partial charge in [-0.15, -0.1) is 0 Å². The third-order valence-corrected chi connectivity index (χ3v) is 6.41. The van der Waals surface area contributed by atoms with Gasteiger partial charge in [0.1, 0.15) is 6.04 Å². The van der Waals surface area contributed by atoms with Gasteiger partial charge in [0, 0.05) is 18.8 Å². The number of amides is 1. The largest absolute Gasteiger partial charge is 0.480 e. The summed E-state index contributed by atoms with van der Waals surface area (Å²) in [6, 6.07) is 12.2. The van der Waals surface area contributed by atoms with Crippen molar-refractivity contribution in [3.8, 4) is 0 Å². The van der Waals surface area contributed by atoms with Gasteiger partial charge in [-0.25, -0.2) is 4.79 Å². The molecule has 1 amide bonds. The number of rotatable bonds is 11. The molecule has 2 aromatic rings. The highest BCUT2D eigenvalue weighted by Gasteiger charge is 2.34. The number of fused-ring (bicyclic) bond motifs is 1. The van der Waals surface area contributed by atoms with Crippen LogP contribution in [-0.2, 0) is 9.59 Å². The second kappa shape index (κ2) is 11.8. The Morgan fingerprint density at radius 2 is 1.81 bits per heavy atom. The highest BCUT2D eigenvalue weighted by atomic mass is 16.4. The van der Waals surface area contributed by atoms with Gasteiger partial charge < -0.3 is 26.8 Å². The molecular formula is C25H36N4O3. The van der Waals surface area contributed by atoms with Crippen LogP contribution < -0.4 is 16.8 Å². The SMILES string of the molecule is NCCC[C@@H](N)C(=O)N(CC1CCCCC1)[C@@H](CNc1ccc2ccccc2c1)C(=O)O. The Morgan fingerprint density at radius 1 is 1.09 bits per heavy atom. The van der Waals surface area contributed by atoms with Crippen molar-refractivity contribution in [2.45, 2.75) is 57.0 Å². The lowest BCUT2D eigenvalue weighted by atomic mass is 9.88. The van der Waals surface area contributed by atoms with Crippen LogP contribution in [0.25, 0.3) is 10.8 Å². The fourth-order valence-corrected chi connectivity index (χ4v) is 4.54. The maximum Gasteiger partial charge on any atom is 0.328 e.